The minimum absolute atomic E-state index is 0.132. The number of hydrogen-bond donors (Lipinski definition) is 2. The zero-order valence-corrected chi connectivity index (χ0v) is 7.42. The summed E-state index contributed by atoms with van der Waals surface area (Å²) < 4.78 is 37.6. The topological polar surface area (TPSA) is 44.6 Å². The number of alkyl halides is 3. The Balaban J connectivity index is 2.57. The standard InChI is InChI=1S/C9H7F3N2O/c10-9(11,12)6-3-1-2-5-7(6)13-4-14-8(5)15/h1-4,8,15H,(H,13,14). The summed E-state index contributed by atoms with van der Waals surface area (Å²) in [6, 6.07) is 3.60. The fourth-order valence-electron chi connectivity index (χ4n) is 1.44. The second-order valence-electron chi connectivity index (χ2n) is 3.06. The molecule has 0 fully saturated rings. The Labute approximate surface area is 83.3 Å². The lowest BCUT2D eigenvalue weighted by Crippen LogP contribution is -2.16. The molecule has 0 radical (unpaired) electrons. The number of aliphatic hydroxyl groups excluding tert-OH is 1. The summed E-state index contributed by atoms with van der Waals surface area (Å²) in [4.78, 5) is 3.55. The maximum Gasteiger partial charge on any atom is 0.418 e. The number of anilines is 1. The Hall–Kier alpha value is -1.56. The second kappa shape index (κ2) is 3.23. The third-order valence-electron chi connectivity index (χ3n) is 2.10. The summed E-state index contributed by atoms with van der Waals surface area (Å²) in [7, 11) is 0. The van der Waals surface area contributed by atoms with Crippen molar-refractivity contribution in [1.82, 2.24) is 0 Å². The molecule has 6 heteroatoms. The van der Waals surface area contributed by atoms with Crippen molar-refractivity contribution in [2.24, 2.45) is 4.99 Å². The molecule has 0 spiro atoms. The average molecular weight is 216 g/mol. The zero-order valence-electron chi connectivity index (χ0n) is 7.42. The van der Waals surface area contributed by atoms with E-state index in [0.717, 1.165) is 12.4 Å². The van der Waals surface area contributed by atoms with Crippen LogP contribution in [0.4, 0.5) is 18.9 Å². The minimum atomic E-state index is -4.44. The first kappa shape index (κ1) is 9.97. The first-order chi connectivity index (χ1) is 7.00. The molecule has 0 saturated carbocycles. The molecule has 0 aliphatic carbocycles. The number of nitrogens with zero attached hydrogens (tertiary/aromatic N) is 1. The molecule has 15 heavy (non-hydrogen) atoms. The predicted octanol–water partition coefficient (Wildman–Crippen LogP) is 2.15. The maximum absolute atomic E-state index is 12.5. The van der Waals surface area contributed by atoms with Gasteiger partial charge in [-0.2, -0.15) is 13.2 Å². The molecule has 1 unspecified atom stereocenters. The van der Waals surface area contributed by atoms with Gasteiger partial charge < -0.3 is 10.4 Å². The summed E-state index contributed by atoms with van der Waals surface area (Å²) in [5.41, 5.74) is -0.801. The number of aliphatic hydroxyl groups is 1. The number of hydrogen-bond acceptors (Lipinski definition) is 3. The lowest BCUT2D eigenvalue weighted by Gasteiger charge is -2.21. The molecule has 0 aromatic heterocycles. The highest BCUT2D eigenvalue weighted by molar-refractivity contribution is 5.82. The first-order valence-electron chi connectivity index (χ1n) is 4.16. The average Bonchev–Trinajstić information content (AvgIpc) is 2.16. The van der Waals surface area contributed by atoms with Crippen molar-refractivity contribution < 1.29 is 18.3 Å². The Morgan fingerprint density at radius 3 is 2.73 bits per heavy atom. The van der Waals surface area contributed by atoms with Crippen molar-refractivity contribution in [3.63, 3.8) is 0 Å². The van der Waals surface area contributed by atoms with Crippen LogP contribution in [0.1, 0.15) is 17.4 Å². The van der Waals surface area contributed by atoms with E-state index < -0.39 is 18.0 Å². The third kappa shape index (κ3) is 1.68. The molecule has 1 heterocycles. The normalized spacial score (nSPS) is 19.6. The van der Waals surface area contributed by atoms with Crippen LogP contribution in [0.2, 0.25) is 0 Å². The van der Waals surface area contributed by atoms with Crippen LogP contribution in [0.5, 0.6) is 0 Å². The molecule has 80 valence electrons. The molecule has 1 atom stereocenters. The zero-order chi connectivity index (χ0) is 11.1. The van der Waals surface area contributed by atoms with Crippen molar-refractivity contribution >= 4 is 12.0 Å². The van der Waals surface area contributed by atoms with Gasteiger partial charge in [-0.3, -0.25) is 0 Å². The summed E-state index contributed by atoms with van der Waals surface area (Å²) in [6.07, 6.45) is -4.62. The largest absolute Gasteiger partial charge is 0.418 e. The number of para-hydroxylation sites is 1. The van der Waals surface area contributed by atoms with E-state index >= 15 is 0 Å². The highest BCUT2D eigenvalue weighted by Crippen LogP contribution is 2.39. The van der Waals surface area contributed by atoms with Gasteiger partial charge >= 0.3 is 6.18 Å². The summed E-state index contributed by atoms with van der Waals surface area (Å²) in [5.74, 6) is 0. The minimum Gasteiger partial charge on any atom is -0.368 e. The van der Waals surface area contributed by atoms with Crippen molar-refractivity contribution in [3.8, 4) is 0 Å². The summed E-state index contributed by atoms with van der Waals surface area (Å²) in [5, 5.41) is 11.7. The fourth-order valence-corrected chi connectivity index (χ4v) is 1.44. The quantitative estimate of drug-likeness (QED) is 0.697. The lowest BCUT2D eigenvalue weighted by atomic mass is 10.0. The monoisotopic (exact) mass is 216 g/mol. The van der Waals surface area contributed by atoms with Crippen molar-refractivity contribution in [3.05, 3.63) is 29.3 Å². The Morgan fingerprint density at radius 2 is 2.07 bits per heavy atom. The van der Waals surface area contributed by atoms with E-state index in [-0.39, 0.29) is 11.3 Å². The number of aliphatic imine (C=N–C) groups is 1. The van der Waals surface area contributed by atoms with Crippen LogP contribution in [0.15, 0.2) is 23.2 Å². The molecule has 1 aromatic rings. The number of halogens is 3. The van der Waals surface area contributed by atoms with Crippen molar-refractivity contribution in [2.75, 3.05) is 5.32 Å². The summed E-state index contributed by atoms with van der Waals surface area (Å²) >= 11 is 0. The van der Waals surface area contributed by atoms with Gasteiger partial charge in [-0.25, -0.2) is 4.99 Å². The highest BCUT2D eigenvalue weighted by atomic mass is 19.4. The van der Waals surface area contributed by atoms with Gasteiger partial charge in [0.15, 0.2) is 6.23 Å². The molecule has 1 aliphatic rings. The van der Waals surface area contributed by atoms with Gasteiger partial charge in [-0.15, -0.1) is 0 Å². The van der Waals surface area contributed by atoms with Gasteiger partial charge in [0, 0.05) is 5.56 Å². The van der Waals surface area contributed by atoms with Gasteiger partial charge in [-0.1, -0.05) is 12.1 Å². The SMILES string of the molecule is OC1N=CNc2c1cccc2C(F)(F)F. The smallest absolute Gasteiger partial charge is 0.368 e. The molecule has 3 nitrogen and oxygen atoms in total. The number of fused-ring (bicyclic) bond motifs is 1. The molecular weight excluding hydrogens is 209 g/mol. The fraction of sp³-hybridized carbons (Fsp3) is 0.222. The second-order valence-corrected chi connectivity index (χ2v) is 3.06. The Morgan fingerprint density at radius 1 is 1.33 bits per heavy atom. The van der Waals surface area contributed by atoms with Gasteiger partial charge in [0.25, 0.3) is 0 Å². The van der Waals surface area contributed by atoms with Crippen molar-refractivity contribution in [2.45, 2.75) is 12.4 Å². The van der Waals surface area contributed by atoms with Crippen LogP contribution in [0, 0.1) is 0 Å². The number of nitrogens with one attached hydrogen (secondary N) is 1. The van der Waals surface area contributed by atoms with Gasteiger partial charge in [0.05, 0.1) is 17.6 Å². The van der Waals surface area contributed by atoms with E-state index in [1.165, 1.54) is 12.1 Å². The van der Waals surface area contributed by atoms with Crippen LogP contribution in [-0.2, 0) is 6.18 Å². The molecule has 0 saturated heterocycles. The van der Waals surface area contributed by atoms with Crippen molar-refractivity contribution in [1.29, 1.82) is 0 Å². The lowest BCUT2D eigenvalue weighted by molar-refractivity contribution is -0.137. The van der Waals surface area contributed by atoms with Crippen LogP contribution in [-0.4, -0.2) is 11.4 Å². The van der Waals surface area contributed by atoms with Crippen LogP contribution in [0.3, 0.4) is 0 Å². The third-order valence-corrected chi connectivity index (χ3v) is 2.10. The molecule has 2 rings (SSSR count). The van der Waals surface area contributed by atoms with E-state index in [4.69, 9.17) is 0 Å². The van der Waals surface area contributed by atoms with Crippen LogP contribution >= 0.6 is 0 Å². The maximum atomic E-state index is 12.5. The Kier molecular flexibility index (Phi) is 2.15. The number of benzene rings is 1. The van der Waals surface area contributed by atoms with Gasteiger partial charge in [0.2, 0.25) is 0 Å². The predicted molar refractivity (Wildman–Crippen MR) is 48.5 cm³/mol. The van der Waals surface area contributed by atoms with E-state index in [0.29, 0.717) is 0 Å². The first-order valence-corrected chi connectivity index (χ1v) is 4.16. The van der Waals surface area contributed by atoms with Gasteiger partial charge in [0.1, 0.15) is 0 Å². The van der Waals surface area contributed by atoms with Crippen LogP contribution < -0.4 is 5.32 Å². The molecule has 1 aliphatic heterocycles. The van der Waals surface area contributed by atoms with E-state index in [9.17, 15) is 18.3 Å². The number of rotatable bonds is 0. The van der Waals surface area contributed by atoms with Crippen LogP contribution in [0.25, 0.3) is 0 Å². The molecule has 1 aromatic carbocycles. The van der Waals surface area contributed by atoms with E-state index in [1.54, 1.807) is 0 Å². The summed E-state index contributed by atoms with van der Waals surface area (Å²) in [6.45, 7) is 0. The van der Waals surface area contributed by atoms with Gasteiger partial charge in [-0.05, 0) is 6.07 Å². The molecule has 0 amide bonds. The van der Waals surface area contributed by atoms with E-state index in [2.05, 4.69) is 10.3 Å². The Bertz CT molecular complexity index is 414. The molecule has 0 bridgehead atoms. The molecule has 2 N–H and O–H groups in total. The molecular formula is C9H7F3N2O. The van der Waals surface area contributed by atoms with E-state index in [1.807, 2.05) is 0 Å². The highest BCUT2D eigenvalue weighted by Gasteiger charge is 2.35.